The third kappa shape index (κ3) is 1.61. The number of hydrogen-bond donors (Lipinski definition) is 0. The Morgan fingerprint density at radius 2 is 1.69 bits per heavy atom. The van der Waals surface area contributed by atoms with Gasteiger partial charge in [-0.05, 0) is 35.0 Å². The molecule has 0 amide bonds. The minimum absolute atomic E-state index is 0.762. The second-order valence-electron chi connectivity index (χ2n) is 2.86. The Bertz CT molecular complexity index is 437. The summed E-state index contributed by atoms with van der Waals surface area (Å²) in [5.74, 6) is 0.870. The van der Waals surface area contributed by atoms with Crippen molar-refractivity contribution >= 4 is 22.4 Å². The molecule has 66 valence electrons. The summed E-state index contributed by atoms with van der Waals surface area (Å²) < 4.78 is 5.12. The van der Waals surface area contributed by atoms with Crippen LogP contribution in [0.15, 0.2) is 36.4 Å². The van der Waals surface area contributed by atoms with Crippen molar-refractivity contribution in [1.82, 2.24) is 0 Å². The molecule has 0 aliphatic carbocycles. The lowest BCUT2D eigenvalue weighted by molar-refractivity contribution is 0.415. The van der Waals surface area contributed by atoms with Crippen LogP contribution in [0.4, 0.5) is 0 Å². The van der Waals surface area contributed by atoms with Crippen molar-refractivity contribution in [1.29, 1.82) is 0 Å². The average Bonchev–Trinajstić information content (AvgIpc) is 2.17. The number of benzene rings is 2. The number of fused-ring (bicyclic) bond motifs is 1. The maximum absolute atomic E-state index is 5.86. The van der Waals surface area contributed by atoms with Gasteiger partial charge in [-0.1, -0.05) is 23.7 Å². The van der Waals surface area contributed by atoms with E-state index in [0.717, 1.165) is 21.5 Å². The summed E-state index contributed by atoms with van der Waals surface area (Å²) in [7, 11) is 1.66. The highest BCUT2D eigenvalue weighted by Gasteiger charge is 1.96. The minimum atomic E-state index is 0.762. The molecular formula is C11H9ClO. The van der Waals surface area contributed by atoms with Crippen LogP contribution in [0.5, 0.6) is 5.75 Å². The molecule has 2 aromatic carbocycles. The van der Waals surface area contributed by atoms with E-state index in [0.29, 0.717) is 0 Å². The third-order valence-electron chi connectivity index (χ3n) is 2.01. The number of methoxy groups -OCH3 is 1. The molecule has 0 fully saturated rings. The van der Waals surface area contributed by atoms with Crippen LogP contribution in [-0.4, -0.2) is 7.11 Å². The molecule has 2 rings (SSSR count). The summed E-state index contributed by atoms with van der Waals surface area (Å²) in [6.07, 6.45) is 0. The Labute approximate surface area is 81.9 Å². The first-order valence-electron chi connectivity index (χ1n) is 4.03. The highest BCUT2D eigenvalue weighted by Crippen LogP contribution is 2.23. The molecule has 13 heavy (non-hydrogen) atoms. The highest BCUT2D eigenvalue weighted by molar-refractivity contribution is 6.31. The molecule has 0 spiro atoms. The van der Waals surface area contributed by atoms with Crippen molar-refractivity contribution in [3.63, 3.8) is 0 Å². The molecule has 0 N–H and O–H groups in total. The van der Waals surface area contributed by atoms with E-state index in [1.807, 2.05) is 36.4 Å². The zero-order valence-corrected chi connectivity index (χ0v) is 8.01. The summed E-state index contributed by atoms with van der Waals surface area (Å²) in [5.41, 5.74) is 0. The van der Waals surface area contributed by atoms with E-state index < -0.39 is 0 Å². The van der Waals surface area contributed by atoms with Crippen LogP contribution in [0.2, 0.25) is 5.02 Å². The zero-order valence-electron chi connectivity index (χ0n) is 7.25. The van der Waals surface area contributed by atoms with E-state index in [4.69, 9.17) is 16.3 Å². The van der Waals surface area contributed by atoms with Crippen LogP contribution in [0.1, 0.15) is 0 Å². The Morgan fingerprint density at radius 3 is 2.46 bits per heavy atom. The van der Waals surface area contributed by atoms with Gasteiger partial charge in [-0.3, -0.25) is 0 Å². The van der Waals surface area contributed by atoms with Gasteiger partial charge in [0.25, 0.3) is 0 Å². The minimum Gasteiger partial charge on any atom is -0.497 e. The number of rotatable bonds is 1. The number of halogens is 1. The van der Waals surface area contributed by atoms with Gasteiger partial charge in [-0.15, -0.1) is 0 Å². The van der Waals surface area contributed by atoms with E-state index in [-0.39, 0.29) is 0 Å². The predicted octanol–water partition coefficient (Wildman–Crippen LogP) is 3.50. The van der Waals surface area contributed by atoms with Gasteiger partial charge in [0.15, 0.2) is 0 Å². The maximum atomic E-state index is 5.86. The lowest BCUT2D eigenvalue weighted by Crippen LogP contribution is -1.81. The van der Waals surface area contributed by atoms with E-state index in [2.05, 4.69) is 0 Å². The largest absolute Gasteiger partial charge is 0.497 e. The van der Waals surface area contributed by atoms with E-state index in [9.17, 15) is 0 Å². The molecule has 0 saturated heterocycles. The van der Waals surface area contributed by atoms with Crippen molar-refractivity contribution < 1.29 is 4.74 Å². The Hall–Kier alpha value is -1.21. The molecule has 1 nitrogen and oxygen atoms in total. The second kappa shape index (κ2) is 3.27. The molecule has 0 bridgehead atoms. The molecule has 0 radical (unpaired) electrons. The van der Waals surface area contributed by atoms with Crippen molar-refractivity contribution in [3.05, 3.63) is 41.4 Å². The molecule has 0 aromatic heterocycles. The molecule has 2 aromatic rings. The second-order valence-corrected chi connectivity index (χ2v) is 3.29. The monoisotopic (exact) mass is 192 g/mol. The van der Waals surface area contributed by atoms with Gasteiger partial charge < -0.3 is 4.74 Å². The van der Waals surface area contributed by atoms with Crippen molar-refractivity contribution in [2.45, 2.75) is 0 Å². The van der Waals surface area contributed by atoms with Gasteiger partial charge in [0.05, 0.1) is 7.11 Å². The topological polar surface area (TPSA) is 9.23 Å². The summed E-state index contributed by atoms with van der Waals surface area (Å²) in [5, 5.41) is 3.04. The van der Waals surface area contributed by atoms with Crippen LogP contribution in [0.25, 0.3) is 10.8 Å². The maximum Gasteiger partial charge on any atom is 0.119 e. The lowest BCUT2D eigenvalue weighted by atomic mass is 10.1. The smallest absolute Gasteiger partial charge is 0.119 e. The molecule has 0 unspecified atom stereocenters. The van der Waals surface area contributed by atoms with Gasteiger partial charge >= 0.3 is 0 Å². The fourth-order valence-electron chi connectivity index (χ4n) is 1.32. The standard InChI is InChI=1S/C11H9ClO/c1-13-11-5-3-8-6-10(12)4-2-9(8)7-11/h2-7H,1H3. The van der Waals surface area contributed by atoms with Crippen molar-refractivity contribution in [2.75, 3.05) is 7.11 Å². The summed E-state index contributed by atoms with van der Waals surface area (Å²) >= 11 is 5.86. The van der Waals surface area contributed by atoms with E-state index in [1.165, 1.54) is 0 Å². The Morgan fingerprint density at radius 1 is 1.00 bits per heavy atom. The van der Waals surface area contributed by atoms with E-state index >= 15 is 0 Å². The average molecular weight is 193 g/mol. The summed E-state index contributed by atoms with van der Waals surface area (Å²) in [6, 6.07) is 11.7. The molecule has 0 saturated carbocycles. The number of hydrogen-bond acceptors (Lipinski definition) is 1. The zero-order chi connectivity index (χ0) is 9.26. The quantitative estimate of drug-likeness (QED) is 0.672. The van der Waals surface area contributed by atoms with Gasteiger partial charge in [-0.25, -0.2) is 0 Å². The summed E-state index contributed by atoms with van der Waals surface area (Å²) in [4.78, 5) is 0. The first-order chi connectivity index (χ1) is 6.29. The van der Waals surface area contributed by atoms with Crippen LogP contribution in [-0.2, 0) is 0 Å². The Balaban J connectivity index is 2.66. The van der Waals surface area contributed by atoms with Crippen LogP contribution in [0, 0.1) is 0 Å². The van der Waals surface area contributed by atoms with Crippen molar-refractivity contribution in [2.24, 2.45) is 0 Å². The van der Waals surface area contributed by atoms with Gasteiger partial charge in [0.2, 0.25) is 0 Å². The van der Waals surface area contributed by atoms with Gasteiger partial charge in [0, 0.05) is 5.02 Å². The molecule has 0 aliphatic heterocycles. The van der Waals surface area contributed by atoms with Gasteiger partial charge in [0.1, 0.15) is 5.75 Å². The first kappa shape index (κ1) is 8.39. The molecule has 0 atom stereocenters. The number of ether oxygens (including phenoxy) is 1. The first-order valence-corrected chi connectivity index (χ1v) is 4.41. The third-order valence-corrected chi connectivity index (χ3v) is 2.24. The van der Waals surface area contributed by atoms with E-state index in [1.54, 1.807) is 7.11 Å². The predicted molar refractivity (Wildman–Crippen MR) is 55.5 cm³/mol. The molecule has 0 aliphatic rings. The lowest BCUT2D eigenvalue weighted by Gasteiger charge is -2.02. The molecule has 2 heteroatoms. The normalized spacial score (nSPS) is 10.3. The van der Waals surface area contributed by atoms with Crippen LogP contribution < -0.4 is 4.74 Å². The SMILES string of the molecule is COc1ccc2cc(Cl)ccc2c1. The molecule has 0 heterocycles. The summed E-state index contributed by atoms with van der Waals surface area (Å²) in [6.45, 7) is 0. The van der Waals surface area contributed by atoms with Crippen LogP contribution >= 0.6 is 11.6 Å². The highest BCUT2D eigenvalue weighted by atomic mass is 35.5. The Kier molecular flexibility index (Phi) is 2.11. The fourth-order valence-corrected chi connectivity index (χ4v) is 1.50. The van der Waals surface area contributed by atoms with Crippen LogP contribution in [0.3, 0.4) is 0 Å². The van der Waals surface area contributed by atoms with Gasteiger partial charge in [-0.2, -0.15) is 0 Å². The fraction of sp³-hybridized carbons (Fsp3) is 0.0909. The van der Waals surface area contributed by atoms with Crippen molar-refractivity contribution in [3.8, 4) is 5.75 Å². The molecular weight excluding hydrogens is 184 g/mol.